The molecular weight excluding hydrogens is 218 g/mol. The number of hydrogen-bond acceptors (Lipinski definition) is 3. The topological polar surface area (TPSA) is 67.2 Å². The molecular formula is C12H21N3O2. The molecule has 1 aromatic heterocycles. The van der Waals surface area contributed by atoms with Gasteiger partial charge in [0.1, 0.15) is 5.76 Å². The summed E-state index contributed by atoms with van der Waals surface area (Å²) < 4.78 is 5.36. The average molecular weight is 239 g/mol. The van der Waals surface area contributed by atoms with Crippen molar-refractivity contribution >= 4 is 6.03 Å². The van der Waals surface area contributed by atoms with Crippen molar-refractivity contribution in [2.45, 2.75) is 41.2 Å². The smallest absolute Gasteiger partial charge is 0.315 e. The molecule has 0 saturated carbocycles. The van der Waals surface area contributed by atoms with Gasteiger partial charge in [0, 0.05) is 13.5 Å². The Kier molecular flexibility index (Phi) is 4.15. The molecule has 0 unspecified atom stereocenters. The average Bonchev–Trinajstić information content (AvgIpc) is 2.50. The first-order chi connectivity index (χ1) is 7.78. The predicted molar refractivity (Wildman–Crippen MR) is 65.7 cm³/mol. The van der Waals surface area contributed by atoms with Crippen LogP contribution in [0.5, 0.6) is 0 Å². The number of nitrogens with zero attached hydrogens (tertiary/aromatic N) is 1. The molecule has 0 aliphatic carbocycles. The second-order valence-electron chi connectivity index (χ2n) is 5.34. The molecule has 1 rings (SSSR count). The Balaban J connectivity index is 2.36. The third-order valence-corrected chi connectivity index (χ3v) is 2.19. The van der Waals surface area contributed by atoms with Crippen LogP contribution in [0.25, 0.3) is 0 Å². The van der Waals surface area contributed by atoms with E-state index in [2.05, 4.69) is 36.4 Å². The van der Waals surface area contributed by atoms with Gasteiger partial charge in [0.25, 0.3) is 0 Å². The number of aryl methyl sites for hydroxylation is 2. The van der Waals surface area contributed by atoms with E-state index in [1.165, 1.54) is 0 Å². The standard InChI is InChI=1S/C12H21N3O2/c1-8-10(17-9(2)15-8)6-13-11(16)14-7-12(3,4)5/h6-7H2,1-5H3,(H2,13,14,16). The number of nitrogens with one attached hydrogen (secondary N) is 2. The predicted octanol–water partition coefficient (Wildman–Crippen LogP) is 2.14. The maximum absolute atomic E-state index is 11.5. The van der Waals surface area contributed by atoms with Crippen molar-refractivity contribution in [1.29, 1.82) is 0 Å². The Hall–Kier alpha value is -1.52. The fourth-order valence-corrected chi connectivity index (χ4v) is 1.31. The molecule has 0 aromatic carbocycles. The third-order valence-electron chi connectivity index (χ3n) is 2.19. The summed E-state index contributed by atoms with van der Waals surface area (Å²) in [5, 5.41) is 5.55. The number of aromatic nitrogens is 1. The van der Waals surface area contributed by atoms with Crippen molar-refractivity contribution in [3.63, 3.8) is 0 Å². The van der Waals surface area contributed by atoms with Crippen LogP contribution in [-0.2, 0) is 6.54 Å². The van der Waals surface area contributed by atoms with Crippen molar-refractivity contribution in [1.82, 2.24) is 15.6 Å². The highest BCUT2D eigenvalue weighted by Gasteiger charge is 2.12. The summed E-state index contributed by atoms with van der Waals surface area (Å²) >= 11 is 0. The zero-order valence-corrected chi connectivity index (χ0v) is 11.2. The van der Waals surface area contributed by atoms with Gasteiger partial charge in [0.15, 0.2) is 5.89 Å². The molecule has 17 heavy (non-hydrogen) atoms. The lowest BCUT2D eigenvalue weighted by molar-refractivity contribution is 0.234. The summed E-state index contributed by atoms with van der Waals surface area (Å²) in [7, 11) is 0. The van der Waals surface area contributed by atoms with Crippen molar-refractivity contribution in [2.24, 2.45) is 5.41 Å². The van der Waals surface area contributed by atoms with Gasteiger partial charge >= 0.3 is 6.03 Å². The van der Waals surface area contributed by atoms with Crippen LogP contribution in [-0.4, -0.2) is 17.6 Å². The van der Waals surface area contributed by atoms with Crippen LogP contribution in [0, 0.1) is 19.3 Å². The first-order valence-corrected chi connectivity index (χ1v) is 5.72. The summed E-state index contributed by atoms with van der Waals surface area (Å²) in [6.45, 7) is 10.8. The lowest BCUT2D eigenvalue weighted by Crippen LogP contribution is -2.39. The van der Waals surface area contributed by atoms with E-state index >= 15 is 0 Å². The molecule has 2 amide bonds. The number of amides is 2. The second-order valence-corrected chi connectivity index (χ2v) is 5.34. The molecule has 0 spiro atoms. The van der Waals surface area contributed by atoms with Gasteiger partial charge in [-0.3, -0.25) is 0 Å². The van der Waals surface area contributed by atoms with Crippen LogP contribution in [0.2, 0.25) is 0 Å². The maximum Gasteiger partial charge on any atom is 0.315 e. The van der Waals surface area contributed by atoms with Gasteiger partial charge in [0.05, 0.1) is 12.2 Å². The molecule has 0 atom stereocenters. The quantitative estimate of drug-likeness (QED) is 0.849. The Labute approximate surface area is 102 Å². The van der Waals surface area contributed by atoms with E-state index in [9.17, 15) is 4.79 Å². The molecule has 0 aliphatic heterocycles. The van der Waals surface area contributed by atoms with E-state index in [1.54, 1.807) is 6.92 Å². The molecule has 5 nitrogen and oxygen atoms in total. The van der Waals surface area contributed by atoms with Gasteiger partial charge in [-0.15, -0.1) is 0 Å². The summed E-state index contributed by atoms with van der Waals surface area (Å²) in [6.07, 6.45) is 0. The van der Waals surface area contributed by atoms with Crippen molar-refractivity contribution < 1.29 is 9.21 Å². The highest BCUT2D eigenvalue weighted by Crippen LogP contribution is 2.10. The minimum atomic E-state index is -0.187. The van der Waals surface area contributed by atoms with Crippen molar-refractivity contribution in [2.75, 3.05) is 6.54 Å². The Morgan fingerprint density at radius 2 is 1.94 bits per heavy atom. The number of hydrogen-bond donors (Lipinski definition) is 2. The summed E-state index contributed by atoms with van der Waals surface area (Å²) in [4.78, 5) is 15.6. The van der Waals surface area contributed by atoms with Crippen molar-refractivity contribution in [3.05, 3.63) is 17.3 Å². The first kappa shape index (κ1) is 13.5. The first-order valence-electron chi connectivity index (χ1n) is 5.72. The second kappa shape index (κ2) is 5.21. The summed E-state index contributed by atoms with van der Waals surface area (Å²) in [5.74, 6) is 1.32. The molecule has 5 heteroatoms. The van der Waals surface area contributed by atoms with Crippen molar-refractivity contribution in [3.8, 4) is 0 Å². The van der Waals surface area contributed by atoms with E-state index in [4.69, 9.17) is 4.42 Å². The normalized spacial score (nSPS) is 11.4. The van der Waals surface area contributed by atoms with Crippen LogP contribution in [0.15, 0.2) is 4.42 Å². The fraction of sp³-hybridized carbons (Fsp3) is 0.667. The van der Waals surface area contributed by atoms with Crippen LogP contribution in [0.4, 0.5) is 4.79 Å². The van der Waals surface area contributed by atoms with E-state index in [0.29, 0.717) is 24.7 Å². The zero-order valence-electron chi connectivity index (χ0n) is 11.2. The lowest BCUT2D eigenvalue weighted by atomic mass is 9.97. The number of urea groups is 1. The van der Waals surface area contributed by atoms with Gasteiger partial charge < -0.3 is 15.1 Å². The van der Waals surface area contributed by atoms with Crippen LogP contribution in [0.1, 0.15) is 38.1 Å². The zero-order chi connectivity index (χ0) is 13.1. The molecule has 0 aliphatic rings. The van der Waals surface area contributed by atoms with Gasteiger partial charge in [-0.1, -0.05) is 20.8 Å². The molecule has 96 valence electrons. The molecule has 0 radical (unpaired) electrons. The SMILES string of the molecule is Cc1nc(C)c(CNC(=O)NCC(C)(C)C)o1. The van der Waals surface area contributed by atoms with Crippen LogP contribution >= 0.6 is 0 Å². The highest BCUT2D eigenvalue weighted by atomic mass is 16.4. The van der Waals surface area contributed by atoms with E-state index < -0.39 is 0 Å². The van der Waals surface area contributed by atoms with Crippen LogP contribution < -0.4 is 10.6 Å². The molecule has 0 saturated heterocycles. The van der Waals surface area contributed by atoms with Gasteiger partial charge in [-0.2, -0.15) is 0 Å². The van der Waals surface area contributed by atoms with Gasteiger partial charge in [-0.05, 0) is 12.3 Å². The lowest BCUT2D eigenvalue weighted by Gasteiger charge is -2.18. The number of rotatable bonds is 3. The van der Waals surface area contributed by atoms with Gasteiger partial charge in [-0.25, -0.2) is 9.78 Å². The van der Waals surface area contributed by atoms with E-state index in [1.807, 2.05) is 6.92 Å². The highest BCUT2D eigenvalue weighted by molar-refractivity contribution is 5.73. The Morgan fingerprint density at radius 1 is 1.29 bits per heavy atom. The Bertz CT molecular complexity index is 391. The minimum absolute atomic E-state index is 0.0794. The maximum atomic E-state index is 11.5. The molecule has 1 aromatic rings. The fourth-order valence-electron chi connectivity index (χ4n) is 1.31. The molecule has 0 bridgehead atoms. The Morgan fingerprint density at radius 3 is 2.41 bits per heavy atom. The number of carbonyl (C=O) groups excluding carboxylic acids is 1. The third kappa shape index (κ3) is 4.89. The molecule has 1 heterocycles. The van der Waals surface area contributed by atoms with Gasteiger partial charge in [0.2, 0.25) is 0 Å². The summed E-state index contributed by atoms with van der Waals surface area (Å²) in [5.41, 5.74) is 0.898. The number of carbonyl (C=O) groups is 1. The number of oxazole rings is 1. The minimum Gasteiger partial charge on any atom is -0.444 e. The summed E-state index contributed by atoms with van der Waals surface area (Å²) in [6, 6.07) is -0.187. The monoisotopic (exact) mass is 239 g/mol. The largest absolute Gasteiger partial charge is 0.444 e. The van der Waals surface area contributed by atoms with E-state index in [-0.39, 0.29) is 11.4 Å². The molecule has 2 N–H and O–H groups in total. The van der Waals surface area contributed by atoms with Crippen LogP contribution in [0.3, 0.4) is 0 Å². The van der Waals surface area contributed by atoms with E-state index in [0.717, 1.165) is 5.69 Å². The molecule has 0 fully saturated rings.